The van der Waals surface area contributed by atoms with E-state index in [1.54, 1.807) is 6.07 Å². The van der Waals surface area contributed by atoms with Crippen LogP contribution in [0.5, 0.6) is 0 Å². The van der Waals surface area contributed by atoms with E-state index in [9.17, 15) is 9.18 Å². The Labute approximate surface area is 164 Å². The monoisotopic (exact) mass is 432 g/mol. The lowest BCUT2D eigenvalue weighted by molar-refractivity contribution is 0.246. The summed E-state index contributed by atoms with van der Waals surface area (Å²) in [5.41, 5.74) is 1.04. The standard InChI is InChI=1S/C19H18BrFN4O2/c1-12(18-23-17(24-27-18)13-6-4-3-5-7-13)11-22-19(26)25(2)16-9-8-14(20)10-15(16)21/h3-10,12H,11H2,1-2H3,(H,22,26)/t12-/m0/s1. The van der Waals surface area contributed by atoms with Crippen LogP contribution in [0.3, 0.4) is 0 Å². The number of hydrogen-bond acceptors (Lipinski definition) is 4. The van der Waals surface area contributed by atoms with E-state index in [0.29, 0.717) is 16.2 Å². The van der Waals surface area contributed by atoms with Gasteiger partial charge in [-0.2, -0.15) is 4.98 Å². The largest absolute Gasteiger partial charge is 0.339 e. The van der Waals surface area contributed by atoms with Gasteiger partial charge in [0.2, 0.25) is 11.7 Å². The summed E-state index contributed by atoms with van der Waals surface area (Å²) in [4.78, 5) is 17.9. The molecule has 6 nitrogen and oxygen atoms in total. The fourth-order valence-electron chi connectivity index (χ4n) is 2.45. The highest BCUT2D eigenvalue weighted by Gasteiger charge is 2.19. The van der Waals surface area contributed by atoms with Gasteiger partial charge in [0.25, 0.3) is 0 Å². The summed E-state index contributed by atoms with van der Waals surface area (Å²) >= 11 is 3.19. The summed E-state index contributed by atoms with van der Waals surface area (Å²) in [6.45, 7) is 2.14. The Kier molecular flexibility index (Phi) is 5.85. The Bertz CT molecular complexity index is 932. The van der Waals surface area contributed by atoms with Crippen molar-refractivity contribution >= 4 is 27.6 Å². The topological polar surface area (TPSA) is 71.3 Å². The van der Waals surface area contributed by atoms with Crippen LogP contribution in [0.2, 0.25) is 0 Å². The van der Waals surface area contributed by atoms with E-state index in [0.717, 1.165) is 5.56 Å². The van der Waals surface area contributed by atoms with E-state index in [1.807, 2.05) is 37.3 Å². The molecule has 8 heteroatoms. The molecule has 0 fully saturated rings. The molecule has 140 valence electrons. The van der Waals surface area contributed by atoms with Crippen LogP contribution in [0.15, 0.2) is 57.5 Å². The van der Waals surface area contributed by atoms with Crippen molar-refractivity contribution in [2.24, 2.45) is 0 Å². The number of rotatable bonds is 5. The molecule has 0 aliphatic heterocycles. The fraction of sp³-hybridized carbons (Fsp3) is 0.211. The highest BCUT2D eigenvalue weighted by atomic mass is 79.9. The van der Waals surface area contributed by atoms with Crippen molar-refractivity contribution in [1.29, 1.82) is 0 Å². The molecule has 2 amide bonds. The van der Waals surface area contributed by atoms with Crippen molar-refractivity contribution in [3.8, 4) is 11.4 Å². The van der Waals surface area contributed by atoms with Crippen molar-refractivity contribution in [3.05, 3.63) is 64.7 Å². The molecule has 0 radical (unpaired) electrons. The van der Waals surface area contributed by atoms with Crippen LogP contribution in [-0.4, -0.2) is 29.8 Å². The number of aromatic nitrogens is 2. The van der Waals surface area contributed by atoms with E-state index in [1.165, 1.54) is 24.1 Å². The molecule has 1 N–H and O–H groups in total. The first-order valence-corrected chi connectivity index (χ1v) is 9.10. The molecule has 1 aromatic heterocycles. The van der Waals surface area contributed by atoms with Gasteiger partial charge in [-0.15, -0.1) is 0 Å². The van der Waals surface area contributed by atoms with Crippen molar-refractivity contribution in [3.63, 3.8) is 0 Å². The Hall–Kier alpha value is -2.74. The SMILES string of the molecule is C[C@@H](CNC(=O)N(C)c1ccc(Br)cc1F)c1nc(-c2ccccc2)no1. The minimum Gasteiger partial charge on any atom is -0.339 e. The van der Waals surface area contributed by atoms with Crippen LogP contribution in [0.4, 0.5) is 14.9 Å². The van der Waals surface area contributed by atoms with Crippen molar-refractivity contribution in [2.75, 3.05) is 18.5 Å². The zero-order chi connectivity index (χ0) is 19.4. The van der Waals surface area contributed by atoms with Gasteiger partial charge in [0.05, 0.1) is 11.6 Å². The number of nitrogens with one attached hydrogen (secondary N) is 1. The maximum atomic E-state index is 14.0. The van der Waals surface area contributed by atoms with Crippen LogP contribution >= 0.6 is 15.9 Å². The third-order valence-corrected chi connectivity index (χ3v) is 4.52. The second-order valence-electron chi connectivity index (χ2n) is 6.06. The molecule has 1 atom stereocenters. The second-order valence-corrected chi connectivity index (χ2v) is 6.98. The maximum Gasteiger partial charge on any atom is 0.321 e. The van der Waals surface area contributed by atoms with Gasteiger partial charge in [-0.1, -0.05) is 58.3 Å². The minimum absolute atomic E-state index is 0.188. The van der Waals surface area contributed by atoms with Crippen molar-refractivity contribution < 1.29 is 13.7 Å². The summed E-state index contributed by atoms with van der Waals surface area (Å²) in [6.07, 6.45) is 0. The van der Waals surface area contributed by atoms with Crippen molar-refractivity contribution in [2.45, 2.75) is 12.8 Å². The number of nitrogens with zero attached hydrogens (tertiary/aromatic N) is 3. The predicted octanol–water partition coefficient (Wildman–Crippen LogP) is 4.59. The number of hydrogen-bond donors (Lipinski definition) is 1. The normalized spacial score (nSPS) is 11.9. The van der Waals surface area contributed by atoms with Crippen LogP contribution in [-0.2, 0) is 0 Å². The number of benzene rings is 2. The molecule has 0 bridgehead atoms. The minimum atomic E-state index is -0.487. The summed E-state index contributed by atoms with van der Waals surface area (Å²) in [5, 5.41) is 6.72. The van der Waals surface area contributed by atoms with Crippen LogP contribution in [0.25, 0.3) is 11.4 Å². The second kappa shape index (κ2) is 8.30. The third-order valence-electron chi connectivity index (χ3n) is 4.03. The quantitative estimate of drug-likeness (QED) is 0.639. The molecule has 27 heavy (non-hydrogen) atoms. The molecule has 1 heterocycles. The van der Waals surface area contributed by atoms with Crippen LogP contribution in [0.1, 0.15) is 18.7 Å². The highest BCUT2D eigenvalue weighted by Crippen LogP contribution is 2.23. The van der Waals surface area contributed by atoms with E-state index in [2.05, 4.69) is 31.4 Å². The Balaban J connectivity index is 1.61. The number of carbonyl (C=O) groups is 1. The molecule has 0 aliphatic rings. The number of urea groups is 1. The Morgan fingerprint density at radius 2 is 2.04 bits per heavy atom. The Morgan fingerprint density at radius 3 is 2.74 bits per heavy atom. The van der Waals surface area contributed by atoms with Crippen LogP contribution in [0, 0.1) is 5.82 Å². The predicted molar refractivity (Wildman–Crippen MR) is 104 cm³/mol. The smallest absolute Gasteiger partial charge is 0.321 e. The zero-order valence-electron chi connectivity index (χ0n) is 14.8. The van der Waals surface area contributed by atoms with Gasteiger partial charge >= 0.3 is 6.03 Å². The van der Waals surface area contributed by atoms with E-state index in [4.69, 9.17) is 4.52 Å². The van der Waals surface area contributed by atoms with Gasteiger partial charge in [0.1, 0.15) is 5.82 Å². The number of halogens is 2. The molecule has 0 saturated heterocycles. The highest BCUT2D eigenvalue weighted by molar-refractivity contribution is 9.10. The first-order valence-electron chi connectivity index (χ1n) is 8.31. The summed E-state index contributed by atoms with van der Waals surface area (Å²) in [6, 6.07) is 13.6. The third kappa shape index (κ3) is 4.51. The molecule has 2 aromatic carbocycles. The first-order chi connectivity index (χ1) is 13.0. The number of amides is 2. The molecular formula is C19H18BrFN4O2. The fourth-order valence-corrected chi connectivity index (χ4v) is 2.78. The van der Waals surface area contributed by atoms with Crippen molar-refractivity contribution in [1.82, 2.24) is 15.5 Å². The van der Waals surface area contributed by atoms with E-state index >= 15 is 0 Å². The van der Waals surface area contributed by atoms with Gasteiger partial charge < -0.3 is 9.84 Å². The summed E-state index contributed by atoms with van der Waals surface area (Å²) < 4.78 is 19.9. The lowest BCUT2D eigenvalue weighted by atomic mass is 10.2. The maximum absolute atomic E-state index is 14.0. The average Bonchev–Trinajstić information content (AvgIpc) is 3.16. The van der Waals surface area contributed by atoms with Gasteiger partial charge in [-0.3, -0.25) is 4.90 Å². The van der Waals surface area contributed by atoms with Gasteiger partial charge in [0.15, 0.2) is 0 Å². The lowest BCUT2D eigenvalue weighted by Crippen LogP contribution is -2.39. The zero-order valence-corrected chi connectivity index (χ0v) is 16.4. The van der Waals surface area contributed by atoms with Gasteiger partial charge in [-0.05, 0) is 18.2 Å². The molecule has 3 aromatic rings. The molecule has 0 spiro atoms. The molecule has 0 saturated carbocycles. The molecule has 0 unspecified atom stereocenters. The Morgan fingerprint density at radius 1 is 1.30 bits per heavy atom. The van der Waals surface area contributed by atoms with Crippen LogP contribution < -0.4 is 10.2 Å². The van der Waals surface area contributed by atoms with Gasteiger partial charge in [-0.25, -0.2) is 9.18 Å². The molecule has 3 rings (SSSR count). The number of carbonyl (C=O) groups excluding carboxylic acids is 1. The van der Waals surface area contributed by atoms with E-state index < -0.39 is 11.8 Å². The summed E-state index contributed by atoms with van der Waals surface area (Å²) in [7, 11) is 1.51. The number of anilines is 1. The van der Waals surface area contributed by atoms with E-state index in [-0.39, 0.29) is 18.2 Å². The molecular weight excluding hydrogens is 415 g/mol. The lowest BCUT2D eigenvalue weighted by Gasteiger charge is -2.19. The molecule has 0 aliphatic carbocycles. The first kappa shape index (κ1) is 19.0. The summed E-state index contributed by atoms with van der Waals surface area (Å²) in [5.74, 6) is 0.242. The van der Waals surface area contributed by atoms with Gasteiger partial charge in [0, 0.05) is 23.6 Å². The average molecular weight is 433 g/mol.